The van der Waals surface area contributed by atoms with Crippen LogP contribution >= 0.6 is 12.2 Å². The first-order valence-electron chi connectivity index (χ1n) is 7.33. The molecule has 3 N–H and O–H groups in total. The topological polar surface area (TPSA) is 76.8 Å². The Morgan fingerprint density at radius 2 is 1.92 bits per heavy atom. The average Bonchev–Trinajstić information content (AvgIpc) is 3.02. The van der Waals surface area contributed by atoms with Gasteiger partial charge >= 0.3 is 0 Å². The number of anilines is 1. The second-order valence-electron chi connectivity index (χ2n) is 5.47. The summed E-state index contributed by atoms with van der Waals surface area (Å²) in [6.07, 6.45) is 0. The number of nitrogens with two attached hydrogens (primary N) is 1. The van der Waals surface area contributed by atoms with Gasteiger partial charge in [0.15, 0.2) is 16.6 Å². The van der Waals surface area contributed by atoms with Gasteiger partial charge < -0.3 is 15.2 Å². The van der Waals surface area contributed by atoms with Gasteiger partial charge in [0.05, 0.1) is 5.69 Å². The maximum atomic E-state index is 12.6. The zero-order chi connectivity index (χ0) is 17.3. The number of rotatable bonds is 2. The van der Waals surface area contributed by atoms with E-state index in [0.717, 1.165) is 16.8 Å². The summed E-state index contributed by atoms with van der Waals surface area (Å²) in [5, 5.41) is 1.46. The third-order valence-electron chi connectivity index (χ3n) is 3.67. The van der Waals surface area contributed by atoms with Gasteiger partial charge in [0.25, 0.3) is 5.91 Å². The standard InChI is InChI=1S/C17H17N3O3S/c1-10-3-4-11(2)13(7-10)20(17(18)24)19-16(21)12-5-6-14-15(8-12)23-9-22-14/h3-8H,9H2,1-2H3,(H2,18,24)(H,19,21). The third-order valence-corrected chi connectivity index (χ3v) is 3.86. The van der Waals surface area contributed by atoms with E-state index in [0.29, 0.717) is 17.1 Å². The minimum atomic E-state index is -0.345. The van der Waals surface area contributed by atoms with Crippen molar-refractivity contribution in [3.05, 3.63) is 53.1 Å². The number of benzene rings is 2. The number of nitrogens with one attached hydrogen (secondary N) is 1. The molecule has 6 nitrogen and oxygen atoms in total. The summed E-state index contributed by atoms with van der Waals surface area (Å²) in [5.41, 5.74) is 11.7. The van der Waals surface area contributed by atoms with Crippen molar-refractivity contribution in [1.29, 1.82) is 0 Å². The Labute approximate surface area is 145 Å². The molecule has 2 aromatic rings. The molecule has 2 aromatic carbocycles. The van der Waals surface area contributed by atoms with Crippen LogP contribution in [0.3, 0.4) is 0 Å². The molecule has 0 aliphatic carbocycles. The molecule has 0 saturated heterocycles. The zero-order valence-electron chi connectivity index (χ0n) is 13.3. The summed E-state index contributed by atoms with van der Waals surface area (Å²) in [4.78, 5) is 12.6. The van der Waals surface area contributed by atoms with E-state index < -0.39 is 0 Å². The van der Waals surface area contributed by atoms with E-state index in [1.165, 1.54) is 5.01 Å². The second-order valence-corrected chi connectivity index (χ2v) is 5.89. The molecule has 0 saturated carbocycles. The number of ether oxygens (including phenoxy) is 2. The van der Waals surface area contributed by atoms with Crippen LogP contribution in [0.15, 0.2) is 36.4 Å². The average molecular weight is 343 g/mol. The van der Waals surface area contributed by atoms with Crippen molar-refractivity contribution in [1.82, 2.24) is 5.43 Å². The van der Waals surface area contributed by atoms with E-state index in [9.17, 15) is 4.79 Å². The van der Waals surface area contributed by atoms with Crippen LogP contribution in [0.5, 0.6) is 11.5 Å². The first kappa shape index (κ1) is 16.1. The predicted molar refractivity (Wildman–Crippen MR) is 95.2 cm³/mol. The Kier molecular flexibility index (Phi) is 4.26. The van der Waals surface area contributed by atoms with Gasteiger partial charge in [0.2, 0.25) is 6.79 Å². The third kappa shape index (κ3) is 3.11. The number of nitrogens with zero attached hydrogens (tertiary/aromatic N) is 1. The van der Waals surface area contributed by atoms with Crippen LogP contribution in [0.1, 0.15) is 21.5 Å². The van der Waals surface area contributed by atoms with Crippen LogP contribution in [0.2, 0.25) is 0 Å². The maximum absolute atomic E-state index is 12.6. The Morgan fingerprint density at radius 1 is 1.17 bits per heavy atom. The predicted octanol–water partition coefficient (Wildman–Crippen LogP) is 2.43. The lowest BCUT2D eigenvalue weighted by molar-refractivity contribution is 0.0954. The number of hydrogen-bond donors (Lipinski definition) is 2. The minimum absolute atomic E-state index is 0.0535. The summed E-state index contributed by atoms with van der Waals surface area (Å²) >= 11 is 5.09. The van der Waals surface area contributed by atoms with Gasteiger partial charge in [0, 0.05) is 5.56 Å². The fourth-order valence-electron chi connectivity index (χ4n) is 2.40. The number of hydrazine groups is 1. The molecule has 124 valence electrons. The largest absolute Gasteiger partial charge is 0.454 e. The van der Waals surface area contributed by atoms with Crippen molar-refractivity contribution in [3.8, 4) is 11.5 Å². The lowest BCUT2D eigenvalue weighted by atomic mass is 10.1. The van der Waals surface area contributed by atoms with Crippen molar-refractivity contribution in [2.24, 2.45) is 5.73 Å². The molecule has 0 aromatic heterocycles. The van der Waals surface area contributed by atoms with Crippen molar-refractivity contribution >= 4 is 28.9 Å². The van der Waals surface area contributed by atoms with Gasteiger partial charge in [-0.15, -0.1) is 0 Å². The molecule has 1 aliphatic heterocycles. The van der Waals surface area contributed by atoms with Crippen LogP contribution < -0.4 is 25.6 Å². The van der Waals surface area contributed by atoms with E-state index in [1.807, 2.05) is 32.0 Å². The molecule has 1 aliphatic rings. The summed E-state index contributed by atoms with van der Waals surface area (Å²) < 4.78 is 10.5. The number of aryl methyl sites for hydroxylation is 2. The van der Waals surface area contributed by atoms with E-state index in [4.69, 9.17) is 27.4 Å². The van der Waals surface area contributed by atoms with Gasteiger partial charge in [0.1, 0.15) is 0 Å². The molecular formula is C17H17N3O3S. The quantitative estimate of drug-likeness (QED) is 0.644. The highest BCUT2D eigenvalue weighted by Gasteiger charge is 2.20. The number of thiocarbonyl (C=S) groups is 1. The highest BCUT2D eigenvalue weighted by Crippen LogP contribution is 2.32. The van der Waals surface area contributed by atoms with E-state index >= 15 is 0 Å². The van der Waals surface area contributed by atoms with Gasteiger partial charge in [-0.2, -0.15) is 0 Å². The fraction of sp³-hybridized carbons (Fsp3) is 0.176. The Balaban J connectivity index is 1.87. The summed E-state index contributed by atoms with van der Waals surface area (Å²) in [6, 6.07) is 10.8. The van der Waals surface area contributed by atoms with Crippen LogP contribution in [-0.4, -0.2) is 17.8 Å². The molecule has 0 spiro atoms. The van der Waals surface area contributed by atoms with Crippen LogP contribution in [0.4, 0.5) is 5.69 Å². The summed E-state index contributed by atoms with van der Waals surface area (Å²) in [7, 11) is 0. The number of amides is 1. The normalized spacial score (nSPS) is 11.9. The van der Waals surface area contributed by atoms with Gasteiger partial charge in [-0.1, -0.05) is 12.1 Å². The summed E-state index contributed by atoms with van der Waals surface area (Å²) in [5.74, 6) is 0.811. The molecule has 1 heterocycles. The minimum Gasteiger partial charge on any atom is -0.454 e. The molecule has 0 atom stereocenters. The van der Waals surface area contributed by atoms with E-state index in [-0.39, 0.29) is 17.8 Å². The highest BCUT2D eigenvalue weighted by atomic mass is 32.1. The molecule has 7 heteroatoms. The lowest BCUT2D eigenvalue weighted by Crippen LogP contribution is -2.49. The molecule has 0 unspecified atom stereocenters. The monoisotopic (exact) mass is 343 g/mol. The molecule has 0 bridgehead atoms. The first-order chi connectivity index (χ1) is 11.5. The highest BCUT2D eigenvalue weighted by molar-refractivity contribution is 7.80. The second kappa shape index (κ2) is 6.37. The van der Waals surface area contributed by atoms with Gasteiger partial charge in [-0.25, -0.2) is 5.01 Å². The van der Waals surface area contributed by atoms with E-state index in [1.54, 1.807) is 18.2 Å². The van der Waals surface area contributed by atoms with Crippen molar-refractivity contribution < 1.29 is 14.3 Å². The molecule has 24 heavy (non-hydrogen) atoms. The molecule has 1 amide bonds. The van der Waals surface area contributed by atoms with Crippen molar-refractivity contribution in [3.63, 3.8) is 0 Å². The SMILES string of the molecule is Cc1ccc(C)c(N(NC(=O)c2ccc3c(c2)OCO3)C(N)=S)c1. The molecule has 0 radical (unpaired) electrons. The number of carbonyl (C=O) groups excluding carboxylic acids is 1. The molecule has 3 rings (SSSR count). The van der Waals surface area contributed by atoms with Crippen molar-refractivity contribution in [2.45, 2.75) is 13.8 Å². The van der Waals surface area contributed by atoms with Crippen LogP contribution in [0.25, 0.3) is 0 Å². The lowest BCUT2D eigenvalue weighted by Gasteiger charge is -2.25. The van der Waals surface area contributed by atoms with E-state index in [2.05, 4.69) is 5.43 Å². The Bertz CT molecular complexity index is 823. The molecular weight excluding hydrogens is 326 g/mol. The van der Waals surface area contributed by atoms with Gasteiger partial charge in [-0.05, 0) is 61.5 Å². The van der Waals surface area contributed by atoms with Crippen LogP contribution in [-0.2, 0) is 0 Å². The maximum Gasteiger partial charge on any atom is 0.270 e. The number of fused-ring (bicyclic) bond motifs is 1. The van der Waals surface area contributed by atoms with Crippen molar-refractivity contribution in [2.75, 3.05) is 11.8 Å². The van der Waals surface area contributed by atoms with Crippen LogP contribution in [0, 0.1) is 13.8 Å². The Hall–Kier alpha value is -2.80. The van der Waals surface area contributed by atoms with Gasteiger partial charge in [-0.3, -0.25) is 10.2 Å². The molecule has 0 fully saturated rings. The number of hydrogen-bond acceptors (Lipinski definition) is 4. The zero-order valence-corrected chi connectivity index (χ0v) is 14.1. The first-order valence-corrected chi connectivity index (χ1v) is 7.74. The number of carbonyl (C=O) groups is 1. The smallest absolute Gasteiger partial charge is 0.270 e. The Morgan fingerprint density at radius 3 is 2.67 bits per heavy atom. The fourth-order valence-corrected chi connectivity index (χ4v) is 2.54. The summed E-state index contributed by atoms with van der Waals surface area (Å²) in [6.45, 7) is 4.04.